The van der Waals surface area contributed by atoms with Crippen LogP contribution in [-0.4, -0.2) is 0 Å². The van der Waals surface area contributed by atoms with Gasteiger partial charge in [-0.1, -0.05) is 37.3 Å². The topological polar surface area (TPSA) is 0 Å². The van der Waals surface area contributed by atoms with E-state index in [0.29, 0.717) is 0 Å². The van der Waals surface area contributed by atoms with Crippen LogP contribution in [-0.2, 0) is 11.8 Å². The van der Waals surface area contributed by atoms with E-state index in [1.807, 2.05) is 0 Å². The number of hydrogen-bond acceptors (Lipinski definition) is 0. The third-order valence-electron chi connectivity index (χ3n) is 1.77. The first-order valence-corrected chi connectivity index (χ1v) is 5.82. The maximum atomic E-state index is 2.18. The summed E-state index contributed by atoms with van der Waals surface area (Å²) in [6, 6.07) is 10.5. The Balaban J connectivity index is 2.53. The van der Waals surface area contributed by atoms with E-state index in [4.69, 9.17) is 0 Å². The maximum Gasteiger partial charge on any atom is 0.157 e. The Morgan fingerprint density at radius 3 is 2.64 bits per heavy atom. The largest absolute Gasteiger partial charge is 0.157 e. The second kappa shape index (κ2) is 6.50. The lowest BCUT2D eigenvalue weighted by atomic mass is 10.4. The smallest absolute Gasteiger partial charge is 0.0846 e. The van der Waals surface area contributed by atoms with Gasteiger partial charge in [0.05, 0.1) is 0 Å². The molecule has 0 aliphatic rings. The van der Waals surface area contributed by atoms with Gasteiger partial charge in [0.25, 0.3) is 0 Å². The minimum atomic E-state index is 1.10. The number of hydrogen-bond donors (Lipinski definition) is 0. The molecule has 0 N–H and O–H groups in total. The van der Waals surface area contributed by atoms with Crippen molar-refractivity contribution < 1.29 is 0 Å². The molecule has 0 bridgehead atoms. The molecule has 0 fully saturated rings. The second-order valence-corrected chi connectivity index (χ2v) is 4.54. The molecule has 0 saturated heterocycles. The zero-order chi connectivity index (χ0) is 10.2. The predicted molar refractivity (Wildman–Crippen MR) is 66.7 cm³/mol. The Morgan fingerprint density at radius 1 is 1.29 bits per heavy atom. The van der Waals surface area contributed by atoms with E-state index < -0.39 is 0 Å². The molecule has 1 heteroatoms. The van der Waals surface area contributed by atoms with E-state index in [1.165, 1.54) is 21.6 Å². The average Bonchev–Trinajstić information content (AvgIpc) is 2.20. The molecule has 0 unspecified atom stereocenters. The molecule has 0 aliphatic carbocycles. The monoisotopic (exact) mass is 205 g/mol. The van der Waals surface area contributed by atoms with Crippen molar-refractivity contribution in [1.29, 1.82) is 0 Å². The van der Waals surface area contributed by atoms with Crippen LogP contribution < -0.4 is 0 Å². The van der Waals surface area contributed by atoms with E-state index in [9.17, 15) is 0 Å². The molecule has 74 valence electrons. The SMILES string of the molecule is CC/C=C\C=C(/C)[SH+]c1ccccc1. The van der Waals surface area contributed by atoms with Gasteiger partial charge in [0.1, 0.15) is 4.91 Å². The molecule has 0 aliphatic heterocycles. The zero-order valence-electron chi connectivity index (χ0n) is 8.77. The Morgan fingerprint density at radius 2 is 2.00 bits per heavy atom. The number of allylic oxidation sites excluding steroid dienone is 4. The van der Waals surface area contributed by atoms with Crippen LogP contribution in [0, 0.1) is 0 Å². The highest BCUT2D eigenvalue weighted by molar-refractivity contribution is 7.82. The van der Waals surface area contributed by atoms with Crippen molar-refractivity contribution in [1.82, 2.24) is 0 Å². The minimum absolute atomic E-state index is 1.10. The molecular formula is C13H17S+. The summed E-state index contributed by atoms with van der Waals surface area (Å²) in [5.74, 6) is 0. The third kappa shape index (κ3) is 4.33. The van der Waals surface area contributed by atoms with Gasteiger partial charge in [-0.25, -0.2) is 0 Å². The van der Waals surface area contributed by atoms with Crippen molar-refractivity contribution in [3.8, 4) is 0 Å². The zero-order valence-corrected chi connectivity index (χ0v) is 9.67. The summed E-state index contributed by atoms with van der Waals surface area (Å²) in [7, 11) is 0. The van der Waals surface area contributed by atoms with Crippen LogP contribution in [0.15, 0.2) is 58.4 Å². The summed E-state index contributed by atoms with van der Waals surface area (Å²) >= 11 is 1.30. The molecule has 0 heterocycles. The molecule has 1 aromatic rings. The van der Waals surface area contributed by atoms with E-state index >= 15 is 0 Å². The molecule has 0 saturated carbocycles. The van der Waals surface area contributed by atoms with Crippen LogP contribution in [0.1, 0.15) is 20.3 Å². The van der Waals surface area contributed by atoms with Crippen LogP contribution in [0.5, 0.6) is 0 Å². The normalized spacial score (nSPS) is 12.3. The van der Waals surface area contributed by atoms with Crippen LogP contribution in [0.4, 0.5) is 0 Å². The van der Waals surface area contributed by atoms with Gasteiger partial charge in [0.2, 0.25) is 0 Å². The molecule has 0 aromatic heterocycles. The van der Waals surface area contributed by atoms with Crippen LogP contribution in [0.25, 0.3) is 0 Å². The molecule has 14 heavy (non-hydrogen) atoms. The van der Waals surface area contributed by atoms with Gasteiger partial charge in [-0.15, -0.1) is 0 Å². The lowest BCUT2D eigenvalue weighted by Crippen LogP contribution is -1.82. The lowest BCUT2D eigenvalue weighted by Gasteiger charge is -1.89. The molecule has 1 rings (SSSR count). The first kappa shape index (κ1) is 11.1. The van der Waals surface area contributed by atoms with E-state index in [2.05, 4.69) is 62.4 Å². The van der Waals surface area contributed by atoms with E-state index in [0.717, 1.165) is 6.42 Å². The van der Waals surface area contributed by atoms with Crippen LogP contribution in [0.2, 0.25) is 0 Å². The van der Waals surface area contributed by atoms with Crippen molar-refractivity contribution >= 4 is 11.8 Å². The third-order valence-corrected chi connectivity index (χ3v) is 2.83. The summed E-state index contributed by atoms with van der Waals surface area (Å²) in [6.45, 7) is 4.31. The maximum absolute atomic E-state index is 2.18. The molecule has 1 aromatic carbocycles. The highest BCUT2D eigenvalue weighted by Gasteiger charge is 2.02. The molecule has 0 atom stereocenters. The van der Waals surface area contributed by atoms with E-state index in [1.54, 1.807) is 0 Å². The molecular weight excluding hydrogens is 188 g/mol. The summed E-state index contributed by atoms with van der Waals surface area (Å²) in [5.41, 5.74) is 0. The summed E-state index contributed by atoms with van der Waals surface area (Å²) in [5, 5.41) is 0. The fourth-order valence-corrected chi connectivity index (χ4v) is 1.98. The summed E-state index contributed by atoms with van der Waals surface area (Å²) in [4.78, 5) is 2.73. The van der Waals surface area contributed by atoms with Gasteiger partial charge in [0, 0.05) is 18.7 Å². The van der Waals surface area contributed by atoms with Crippen molar-refractivity contribution in [3.05, 3.63) is 53.5 Å². The standard InChI is InChI=1S/C13H16S/c1-3-4-6-9-12(2)14-13-10-7-5-8-11-13/h4-11H,3H2,1-2H3/p+1/b6-4-,12-9+. The lowest BCUT2D eigenvalue weighted by molar-refractivity contribution is 1.22. The Labute approximate surface area is 90.7 Å². The highest BCUT2D eigenvalue weighted by Crippen LogP contribution is 2.09. The van der Waals surface area contributed by atoms with Crippen LogP contribution in [0.3, 0.4) is 0 Å². The molecule has 0 nitrogen and oxygen atoms in total. The summed E-state index contributed by atoms with van der Waals surface area (Å²) in [6.07, 6.45) is 7.58. The van der Waals surface area contributed by atoms with Gasteiger partial charge in [0.15, 0.2) is 4.90 Å². The van der Waals surface area contributed by atoms with Crippen molar-refractivity contribution in [2.75, 3.05) is 0 Å². The van der Waals surface area contributed by atoms with Crippen LogP contribution >= 0.6 is 0 Å². The Hall–Kier alpha value is -0.950. The van der Waals surface area contributed by atoms with Crippen molar-refractivity contribution in [2.45, 2.75) is 25.2 Å². The first-order valence-electron chi connectivity index (χ1n) is 4.93. The summed E-state index contributed by atoms with van der Waals surface area (Å²) < 4.78 is 0. The van der Waals surface area contributed by atoms with Crippen molar-refractivity contribution in [3.63, 3.8) is 0 Å². The Bertz CT molecular complexity index is 309. The fourth-order valence-electron chi connectivity index (χ4n) is 1.09. The van der Waals surface area contributed by atoms with Gasteiger partial charge >= 0.3 is 0 Å². The number of thiol groups is 1. The van der Waals surface area contributed by atoms with Gasteiger partial charge in [-0.3, -0.25) is 0 Å². The van der Waals surface area contributed by atoms with Gasteiger partial charge < -0.3 is 0 Å². The average molecular weight is 205 g/mol. The highest BCUT2D eigenvalue weighted by atomic mass is 32.2. The first-order chi connectivity index (χ1) is 6.83. The van der Waals surface area contributed by atoms with E-state index in [-0.39, 0.29) is 0 Å². The fraction of sp³-hybridized carbons (Fsp3) is 0.231. The Kier molecular flexibility index (Phi) is 5.16. The quantitative estimate of drug-likeness (QED) is 0.399. The van der Waals surface area contributed by atoms with Crippen molar-refractivity contribution in [2.24, 2.45) is 0 Å². The minimum Gasteiger partial charge on any atom is -0.0846 e. The predicted octanol–water partition coefficient (Wildman–Crippen LogP) is 3.73. The molecule has 0 radical (unpaired) electrons. The number of rotatable bonds is 4. The second-order valence-electron chi connectivity index (χ2n) is 3.09. The van der Waals surface area contributed by atoms with Gasteiger partial charge in [-0.2, -0.15) is 0 Å². The van der Waals surface area contributed by atoms with Gasteiger partial charge in [-0.05, 0) is 24.6 Å². The molecule has 0 spiro atoms. The number of benzene rings is 1. The molecule has 0 amide bonds.